The van der Waals surface area contributed by atoms with Gasteiger partial charge in [0.1, 0.15) is 0 Å². The molecule has 0 amide bonds. The van der Waals surface area contributed by atoms with Gasteiger partial charge in [0.2, 0.25) is 12.2 Å². The zero-order valence-corrected chi connectivity index (χ0v) is 10.0. The maximum atomic E-state index is 10.4. The summed E-state index contributed by atoms with van der Waals surface area (Å²) in [4.78, 5) is 28.2. The molecular weight excluding hydrogens is 228 g/mol. The average Bonchev–Trinajstić information content (AvgIpc) is 2.88. The molecule has 0 aromatic heterocycles. The van der Waals surface area contributed by atoms with Crippen LogP contribution in [0, 0.1) is 6.92 Å². The van der Waals surface area contributed by atoms with Crippen molar-refractivity contribution < 1.29 is 9.59 Å². The van der Waals surface area contributed by atoms with Crippen LogP contribution in [0.3, 0.4) is 0 Å². The lowest BCUT2D eigenvalue weighted by Gasteiger charge is -2.12. The smallest absolute Gasteiger partial charge is 0.211 e. The number of hydrogen-bond donors (Lipinski definition) is 0. The first-order valence-electron chi connectivity index (χ1n) is 5.71. The van der Waals surface area contributed by atoms with E-state index in [-0.39, 0.29) is 0 Å². The highest BCUT2D eigenvalue weighted by Crippen LogP contribution is 2.37. The van der Waals surface area contributed by atoms with E-state index in [0.717, 1.165) is 18.4 Å². The molecule has 0 radical (unpaired) electrons. The first-order chi connectivity index (χ1) is 8.76. The maximum Gasteiger partial charge on any atom is 0.240 e. The minimum absolute atomic E-state index is 0.367. The minimum Gasteiger partial charge on any atom is -0.211 e. The molecule has 1 aromatic rings. The summed E-state index contributed by atoms with van der Waals surface area (Å²) in [6.07, 6.45) is 9.22. The molecule has 0 fully saturated rings. The Morgan fingerprint density at radius 3 is 2.00 bits per heavy atom. The zero-order chi connectivity index (χ0) is 13.0. The van der Waals surface area contributed by atoms with E-state index in [1.807, 2.05) is 12.1 Å². The Kier molecular flexibility index (Phi) is 3.63. The summed E-state index contributed by atoms with van der Waals surface area (Å²) in [5, 5.41) is 0. The molecule has 1 aliphatic carbocycles. The van der Waals surface area contributed by atoms with Crippen molar-refractivity contribution in [3.63, 3.8) is 0 Å². The summed E-state index contributed by atoms with van der Waals surface area (Å²) in [6.45, 7) is 1.77. The molecule has 4 nitrogen and oxygen atoms in total. The van der Waals surface area contributed by atoms with Crippen molar-refractivity contribution in [2.45, 2.75) is 25.7 Å². The van der Waals surface area contributed by atoms with E-state index in [2.05, 4.69) is 22.1 Å². The van der Waals surface area contributed by atoms with Gasteiger partial charge in [0, 0.05) is 5.56 Å². The highest BCUT2D eigenvalue weighted by atomic mass is 16.1. The molecule has 0 N–H and O–H groups in total. The number of carbonyl (C=O) groups excluding carboxylic acids is 2. The van der Waals surface area contributed by atoms with Crippen molar-refractivity contribution in [1.82, 2.24) is 0 Å². The molecule has 0 heterocycles. The van der Waals surface area contributed by atoms with E-state index in [0.29, 0.717) is 22.9 Å². The second kappa shape index (κ2) is 5.37. The first kappa shape index (κ1) is 12.2. The Labute approximate surface area is 105 Å². The third-order valence-electron chi connectivity index (χ3n) is 3.19. The molecular formula is C14H12N2O2. The van der Waals surface area contributed by atoms with Crippen molar-refractivity contribution in [2.75, 3.05) is 0 Å². The lowest BCUT2D eigenvalue weighted by atomic mass is 9.94. The SMILES string of the molecule is Cc1c(N=C=O)cc(C2CC=CC2)cc1N=C=O. The standard InChI is InChI=1S/C14H12N2O2/c1-10-13(15-8-17)6-12(7-14(10)16-9-18)11-4-2-3-5-11/h2-3,6-7,11H,4-5H2,1H3. The molecule has 2 rings (SSSR count). The summed E-state index contributed by atoms with van der Waals surface area (Å²) in [6, 6.07) is 3.73. The minimum atomic E-state index is 0.367. The van der Waals surface area contributed by atoms with Crippen molar-refractivity contribution >= 4 is 23.5 Å². The van der Waals surface area contributed by atoms with Gasteiger partial charge in [0.15, 0.2) is 0 Å². The summed E-state index contributed by atoms with van der Waals surface area (Å²) >= 11 is 0. The van der Waals surface area contributed by atoms with Gasteiger partial charge >= 0.3 is 0 Å². The van der Waals surface area contributed by atoms with Gasteiger partial charge in [-0.25, -0.2) is 9.59 Å². The van der Waals surface area contributed by atoms with Crippen molar-refractivity contribution in [1.29, 1.82) is 0 Å². The molecule has 1 aromatic carbocycles. The van der Waals surface area contributed by atoms with Gasteiger partial charge < -0.3 is 0 Å². The second-order valence-corrected chi connectivity index (χ2v) is 4.23. The Hall–Kier alpha value is -2.28. The predicted molar refractivity (Wildman–Crippen MR) is 67.9 cm³/mol. The molecule has 0 unspecified atom stereocenters. The van der Waals surface area contributed by atoms with E-state index in [9.17, 15) is 9.59 Å². The van der Waals surface area contributed by atoms with Gasteiger partial charge in [-0.2, -0.15) is 9.98 Å². The molecule has 0 aliphatic heterocycles. The monoisotopic (exact) mass is 240 g/mol. The maximum absolute atomic E-state index is 10.4. The molecule has 0 saturated heterocycles. The lowest BCUT2D eigenvalue weighted by molar-refractivity contribution is 0.565. The van der Waals surface area contributed by atoms with E-state index in [1.54, 1.807) is 6.92 Å². The van der Waals surface area contributed by atoms with Gasteiger partial charge in [0.05, 0.1) is 11.4 Å². The van der Waals surface area contributed by atoms with Gasteiger partial charge in [-0.1, -0.05) is 12.2 Å². The second-order valence-electron chi connectivity index (χ2n) is 4.23. The van der Waals surface area contributed by atoms with Crippen molar-refractivity contribution in [3.05, 3.63) is 35.4 Å². The van der Waals surface area contributed by atoms with Crippen molar-refractivity contribution in [2.24, 2.45) is 9.98 Å². The van der Waals surface area contributed by atoms with Gasteiger partial charge in [-0.3, -0.25) is 0 Å². The summed E-state index contributed by atoms with van der Waals surface area (Å²) in [7, 11) is 0. The fourth-order valence-corrected chi connectivity index (χ4v) is 2.16. The molecule has 18 heavy (non-hydrogen) atoms. The number of hydrogen-bond acceptors (Lipinski definition) is 4. The van der Waals surface area contributed by atoms with Gasteiger partial charge in [-0.05, 0) is 43.4 Å². The van der Waals surface area contributed by atoms with Crippen LogP contribution in [0.25, 0.3) is 0 Å². The third-order valence-corrected chi connectivity index (χ3v) is 3.19. The first-order valence-corrected chi connectivity index (χ1v) is 5.71. The number of nitrogens with zero attached hydrogens (tertiary/aromatic N) is 2. The van der Waals surface area contributed by atoms with Crippen LogP contribution in [0.15, 0.2) is 34.3 Å². The normalized spacial score (nSPS) is 14.1. The van der Waals surface area contributed by atoms with Crippen LogP contribution < -0.4 is 0 Å². The Bertz CT molecular complexity index is 545. The molecule has 1 aliphatic rings. The van der Waals surface area contributed by atoms with Crippen LogP contribution >= 0.6 is 0 Å². The average molecular weight is 240 g/mol. The summed E-state index contributed by atoms with van der Waals surface area (Å²) < 4.78 is 0. The fourth-order valence-electron chi connectivity index (χ4n) is 2.16. The predicted octanol–water partition coefficient (Wildman–Crippen LogP) is 3.36. The van der Waals surface area contributed by atoms with Crippen LogP contribution in [0.2, 0.25) is 0 Å². The van der Waals surface area contributed by atoms with Gasteiger partial charge in [-0.15, -0.1) is 0 Å². The lowest BCUT2D eigenvalue weighted by Crippen LogP contribution is -1.93. The van der Waals surface area contributed by atoms with Crippen LogP contribution in [0.5, 0.6) is 0 Å². The van der Waals surface area contributed by atoms with E-state index in [4.69, 9.17) is 0 Å². The Morgan fingerprint density at radius 2 is 1.56 bits per heavy atom. The molecule has 0 saturated carbocycles. The van der Waals surface area contributed by atoms with E-state index < -0.39 is 0 Å². The van der Waals surface area contributed by atoms with Crippen LogP contribution in [0.4, 0.5) is 11.4 Å². The number of aliphatic imine (C=N–C) groups is 2. The van der Waals surface area contributed by atoms with Crippen LogP contribution in [0.1, 0.15) is 29.9 Å². The third kappa shape index (κ3) is 2.35. The number of benzene rings is 1. The topological polar surface area (TPSA) is 58.9 Å². The number of rotatable bonds is 3. The molecule has 0 bridgehead atoms. The van der Waals surface area contributed by atoms with Gasteiger partial charge in [0.25, 0.3) is 0 Å². The summed E-state index contributed by atoms with van der Waals surface area (Å²) in [5.41, 5.74) is 2.76. The largest absolute Gasteiger partial charge is 0.240 e. The quantitative estimate of drug-likeness (QED) is 0.462. The Balaban J connectivity index is 2.53. The van der Waals surface area contributed by atoms with E-state index in [1.165, 1.54) is 12.2 Å². The molecule has 0 atom stereocenters. The number of allylic oxidation sites excluding steroid dienone is 2. The summed E-state index contributed by atoms with van der Waals surface area (Å²) in [5.74, 6) is 0.367. The fraction of sp³-hybridized carbons (Fsp3) is 0.286. The highest BCUT2D eigenvalue weighted by Gasteiger charge is 2.16. The molecule has 90 valence electrons. The molecule has 4 heteroatoms. The van der Waals surface area contributed by atoms with Crippen molar-refractivity contribution in [3.8, 4) is 0 Å². The van der Waals surface area contributed by atoms with Crippen LogP contribution in [-0.2, 0) is 9.59 Å². The highest BCUT2D eigenvalue weighted by molar-refractivity contribution is 5.67. The van der Waals surface area contributed by atoms with E-state index >= 15 is 0 Å². The Morgan fingerprint density at radius 1 is 1.06 bits per heavy atom. The van der Waals surface area contributed by atoms with Crippen LogP contribution in [-0.4, -0.2) is 12.2 Å². The molecule has 0 spiro atoms. The zero-order valence-electron chi connectivity index (χ0n) is 10.0. The number of isocyanates is 2.